The van der Waals surface area contributed by atoms with Crippen molar-refractivity contribution in [3.63, 3.8) is 0 Å². The molecule has 0 radical (unpaired) electrons. The molecule has 2 heteroatoms. The molecule has 0 bridgehead atoms. The highest BCUT2D eigenvalue weighted by molar-refractivity contribution is 7.78. The Kier molecular flexibility index (Phi) is 3.77. The molecular weight excluding hydrogens is 275 g/mol. The molecule has 0 unspecified atom stereocenters. The Bertz CT molecular complexity index is 762. The molecule has 0 saturated carbocycles. The Balaban J connectivity index is 1.96. The third kappa shape index (κ3) is 2.84. The maximum absolute atomic E-state index is 13.1. The summed E-state index contributed by atoms with van der Waals surface area (Å²) in [6, 6.07) is 28.0. The Morgan fingerprint density at radius 1 is 0.571 bits per heavy atom. The summed E-state index contributed by atoms with van der Waals surface area (Å²) < 4.78 is 13.1. The first-order valence-corrected chi connectivity index (χ1v) is 9.12. The van der Waals surface area contributed by atoms with Crippen LogP contribution in [0, 0.1) is 0 Å². The van der Waals surface area contributed by atoms with Gasteiger partial charge in [0.05, 0.1) is 0 Å². The van der Waals surface area contributed by atoms with Crippen molar-refractivity contribution in [2.75, 3.05) is 6.66 Å². The number of hydrogen-bond donors (Lipinski definition) is 0. The van der Waals surface area contributed by atoms with Gasteiger partial charge in [-0.05, 0) is 17.8 Å². The molecule has 3 aromatic rings. The minimum atomic E-state index is -2.51. The quantitative estimate of drug-likeness (QED) is 0.658. The summed E-state index contributed by atoms with van der Waals surface area (Å²) in [7, 11) is -2.51. The Morgan fingerprint density at radius 2 is 1.00 bits per heavy atom. The zero-order valence-electron chi connectivity index (χ0n) is 11.9. The highest BCUT2D eigenvalue weighted by Crippen LogP contribution is 2.38. The molecule has 0 aliphatic rings. The van der Waals surface area contributed by atoms with Gasteiger partial charge in [-0.25, -0.2) is 0 Å². The second-order valence-electron chi connectivity index (χ2n) is 5.17. The first-order chi connectivity index (χ1) is 10.2. The van der Waals surface area contributed by atoms with E-state index in [0.29, 0.717) is 0 Å². The molecule has 0 amide bonds. The van der Waals surface area contributed by atoms with E-state index >= 15 is 0 Å². The van der Waals surface area contributed by atoms with Crippen LogP contribution in [0.25, 0.3) is 11.1 Å². The molecule has 0 spiro atoms. The molecular formula is C19H17OP. The van der Waals surface area contributed by atoms with Crippen LogP contribution in [0.3, 0.4) is 0 Å². The molecule has 0 saturated heterocycles. The lowest BCUT2D eigenvalue weighted by atomic mass is 10.1. The maximum atomic E-state index is 13.1. The summed E-state index contributed by atoms with van der Waals surface area (Å²) in [5.41, 5.74) is 2.32. The summed E-state index contributed by atoms with van der Waals surface area (Å²) in [5, 5.41) is 1.80. The first kappa shape index (κ1) is 13.9. The van der Waals surface area contributed by atoms with Crippen molar-refractivity contribution in [2.45, 2.75) is 0 Å². The Morgan fingerprint density at radius 3 is 1.57 bits per heavy atom. The zero-order chi connectivity index (χ0) is 14.7. The van der Waals surface area contributed by atoms with Crippen molar-refractivity contribution in [3.8, 4) is 11.1 Å². The van der Waals surface area contributed by atoms with Crippen molar-refractivity contribution in [2.24, 2.45) is 0 Å². The third-order valence-electron chi connectivity index (χ3n) is 3.72. The minimum absolute atomic E-state index is 0.897. The smallest absolute Gasteiger partial charge is 0.140 e. The van der Waals surface area contributed by atoms with E-state index in [9.17, 15) is 4.57 Å². The predicted molar refractivity (Wildman–Crippen MR) is 91.1 cm³/mol. The van der Waals surface area contributed by atoms with E-state index in [1.807, 2.05) is 79.5 Å². The normalized spacial score (nSPS) is 13.6. The second kappa shape index (κ2) is 5.71. The van der Waals surface area contributed by atoms with Gasteiger partial charge in [0, 0.05) is 10.6 Å². The summed E-state index contributed by atoms with van der Waals surface area (Å²) in [4.78, 5) is 0. The van der Waals surface area contributed by atoms with Crippen LogP contribution in [0.15, 0.2) is 84.9 Å². The second-order valence-corrected chi connectivity index (χ2v) is 8.05. The van der Waals surface area contributed by atoms with E-state index in [2.05, 4.69) is 12.1 Å². The summed E-state index contributed by atoms with van der Waals surface area (Å²) in [6.07, 6.45) is 0. The van der Waals surface area contributed by atoms with Crippen LogP contribution < -0.4 is 10.6 Å². The van der Waals surface area contributed by atoms with Crippen LogP contribution in [0.2, 0.25) is 0 Å². The lowest BCUT2D eigenvalue weighted by Crippen LogP contribution is -2.14. The molecule has 1 atom stereocenters. The van der Waals surface area contributed by atoms with Gasteiger partial charge in [-0.15, -0.1) is 0 Å². The average Bonchev–Trinajstić information content (AvgIpc) is 2.57. The molecule has 0 fully saturated rings. The van der Waals surface area contributed by atoms with Crippen molar-refractivity contribution in [1.29, 1.82) is 0 Å². The summed E-state index contributed by atoms with van der Waals surface area (Å²) in [5.74, 6) is 0. The number of rotatable bonds is 3. The van der Waals surface area contributed by atoms with Crippen LogP contribution in [-0.2, 0) is 4.57 Å². The Labute approximate surface area is 125 Å². The van der Waals surface area contributed by atoms with Gasteiger partial charge in [-0.2, -0.15) is 0 Å². The molecule has 0 aliphatic heterocycles. The van der Waals surface area contributed by atoms with Crippen molar-refractivity contribution in [1.82, 2.24) is 0 Å². The van der Waals surface area contributed by atoms with Crippen molar-refractivity contribution in [3.05, 3.63) is 84.9 Å². The zero-order valence-corrected chi connectivity index (χ0v) is 12.8. The third-order valence-corrected chi connectivity index (χ3v) is 6.28. The van der Waals surface area contributed by atoms with E-state index < -0.39 is 7.14 Å². The Hall–Kier alpha value is -2.11. The molecule has 0 heterocycles. The van der Waals surface area contributed by atoms with Gasteiger partial charge in [0.15, 0.2) is 0 Å². The average molecular weight is 292 g/mol. The standard InChI is InChI=1S/C19H17OP/c1-21(20,18-10-6-3-7-11-18)19-14-12-17(13-15-19)16-8-4-2-5-9-16/h2-15H,1H3/t21-/m0/s1. The lowest BCUT2D eigenvalue weighted by molar-refractivity contribution is 0.590. The number of benzene rings is 3. The van der Waals surface area contributed by atoms with Crippen LogP contribution in [0.1, 0.15) is 0 Å². The lowest BCUT2D eigenvalue weighted by Gasteiger charge is -2.14. The van der Waals surface area contributed by atoms with Crippen LogP contribution in [-0.4, -0.2) is 6.66 Å². The van der Waals surface area contributed by atoms with E-state index in [-0.39, 0.29) is 0 Å². The SMILES string of the molecule is C[P@](=O)(c1ccccc1)c1ccc(-c2ccccc2)cc1. The van der Waals surface area contributed by atoms with Gasteiger partial charge in [-0.3, -0.25) is 0 Å². The largest absolute Gasteiger partial charge is 0.314 e. The van der Waals surface area contributed by atoms with E-state index in [0.717, 1.165) is 16.2 Å². The van der Waals surface area contributed by atoms with E-state index in [4.69, 9.17) is 0 Å². The van der Waals surface area contributed by atoms with Gasteiger partial charge < -0.3 is 4.57 Å². The van der Waals surface area contributed by atoms with Crippen LogP contribution in [0.5, 0.6) is 0 Å². The summed E-state index contributed by atoms with van der Waals surface area (Å²) >= 11 is 0. The highest BCUT2D eigenvalue weighted by Gasteiger charge is 2.20. The fourth-order valence-corrected chi connectivity index (χ4v) is 4.19. The molecule has 0 aliphatic carbocycles. The van der Waals surface area contributed by atoms with Gasteiger partial charge in [0.25, 0.3) is 0 Å². The monoisotopic (exact) mass is 292 g/mol. The van der Waals surface area contributed by atoms with Crippen molar-refractivity contribution < 1.29 is 4.57 Å². The molecule has 21 heavy (non-hydrogen) atoms. The highest BCUT2D eigenvalue weighted by atomic mass is 31.2. The van der Waals surface area contributed by atoms with E-state index in [1.54, 1.807) is 0 Å². The predicted octanol–water partition coefficient (Wildman–Crippen LogP) is 4.30. The maximum Gasteiger partial charge on any atom is 0.140 e. The van der Waals surface area contributed by atoms with Gasteiger partial charge >= 0.3 is 0 Å². The van der Waals surface area contributed by atoms with Crippen LogP contribution >= 0.6 is 7.14 Å². The summed E-state index contributed by atoms with van der Waals surface area (Å²) in [6.45, 7) is 1.83. The van der Waals surface area contributed by atoms with Gasteiger partial charge in [0.1, 0.15) is 7.14 Å². The van der Waals surface area contributed by atoms with E-state index in [1.165, 1.54) is 5.56 Å². The first-order valence-electron chi connectivity index (χ1n) is 6.97. The molecule has 0 aromatic heterocycles. The van der Waals surface area contributed by atoms with Gasteiger partial charge in [-0.1, -0.05) is 84.9 Å². The van der Waals surface area contributed by atoms with Crippen molar-refractivity contribution >= 4 is 17.8 Å². The molecule has 3 aromatic carbocycles. The number of hydrogen-bond acceptors (Lipinski definition) is 1. The van der Waals surface area contributed by atoms with Crippen LogP contribution in [0.4, 0.5) is 0 Å². The molecule has 0 N–H and O–H groups in total. The molecule has 104 valence electrons. The molecule has 3 rings (SSSR count). The minimum Gasteiger partial charge on any atom is -0.314 e. The van der Waals surface area contributed by atoms with Gasteiger partial charge in [0.2, 0.25) is 0 Å². The topological polar surface area (TPSA) is 17.1 Å². The fraction of sp³-hybridized carbons (Fsp3) is 0.0526. The molecule has 1 nitrogen and oxygen atoms in total. The fourth-order valence-electron chi connectivity index (χ4n) is 2.43.